The average Bonchev–Trinajstić information content (AvgIpc) is 2.39. The Morgan fingerprint density at radius 2 is 1.81 bits per heavy atom. The molecular weight excluding hydrogens is 268 g/mol. The second-order valence-corrected chi connectivity index (χ2v) is 6.03. The zero-order valence-electron chi connectivity index (χ0n) is 14.5. The number of aliphatic imine (C=N–C) groups is 1. The van der Waals surface area contributed by atoms with Crippen molar-refractivity contribution >= 4 is 12.1 Å². The van der Waals surface area contributed by atoms with E-state index in [9.17, 15) is 4.79 Å². The van der Waals surface area contributed by atoms with Gasteiger partial charge in [0.15, 0.2) is 5.96 Å². The molecule has 124 valence electrons. The average molecular weight is 300 g/mol. The minimum Gasteiger partial charge on any atom is -0.444 e. The van der Waals surface area contributed by atoms with Crippen LogP contribution in [0.4, 0.5) is 4.79 Å². The molecule has 0 fully saturated rings. The smallest absolute Gasteiger partial charge is 0.410 e. The van der Waals surface area contributed by atoms with Crippen LogP contribution in [0.15, 0.2) is 4.99 Å². The molecule has 2 N–H and O–H groups in total. The number of ether oxygens (including phenoxy) is 1. The molecule has 0 saturated heterocycles. The van der Waals surface area contributed by atoms with Crippen molar-refractivity contribution < 1.29 is 9.53 Å². The molecule has 6 heteroatoms. The van der Waals surface area contributed by atoms with Crippen molar-refractivity contribution in [3.05, 3.63) is 0 Å². The van der Waals surface area contributed by atoms with Crippen molar-refractivity contribution in [3.63, 3.8) is 0 Å². The van der Waals surface area contributed by atoms with Gasteiger partial charge in [0.05, 0.1) is 0 Å². The molecule has 0 heterocycles. The first-order chi connectivity index (χ1) is 9.80. The predicted octanol–water partition coefficient (Wildman–Crippen LogP) is 2.21. The minimum absolute atomic E-state index is 0.310. The van der Waals surface area contributed by atoms with E-state index >= 15 is 0 Å². The molecule has 0 aliphatic heterocycles. The zero-order chi connectivity index (χ0) is 16.3. The number of unbranched alkanes of at least 4 members (excludes halogenated alkanes) is 2. The Morgan fingerprint density at radius 1 is 1.19 bits per heavy atom. The lowest BCUT2D eigenvalue weighted by Crippen LogP contribution is -2.43. The molecule has 0 spiro atoms. The second-order valence-electron chi connectivity index (χ2n) is 6.03. The first kappa shape index (κ1) is 19.5. The fraction of sp³-hybridized carbons (Fsp3) is 0.867. The number of guanidine groups is 1. The molecule has 0 aliphatic rings. The summed E-state index contributed by atoms with van der Waals surface area (Å²) in [7, 11) is 3.47. The zero-order valence-corrected chi connectivity index (χ0v) is 14.5. The SMILES string of the molecule is CCCCCNC(=NC)NCCN(C)C(=O)OC(C)(C)C. The van der Waals surface area contributed by atoms with E-state index in [1.807, 2.05) is 20.8 Å². The van der Waals surface area contributed by atoms with Crippen LogP contribution in [0.1, 0.15) is 47.0 Å². The Balaban J connectivity index is 3.91. The molecule has 0 atom stereocenters. The van der Waals surface area contributed by atoms with Crippen LogP contribution in [0, 0.1) is 0 Å². The van der Waals surface area contributed by atoms with Gasteiger partial charge in [0.25, 0.3) is 0 Å². The lowest BCUT2D eigenvalue weighted by molar-refractivity contribution is 0.0302. The molecule has 0 saturated carbocycles. The number of nitrogens with zero attached hydrogens (tertiary/aromatic N) is 2. The van der Waals surface area contributed by atoms with Crippen molar-refractivity contribution in [2.75, 3.05) is 33.7 Å². The Labute approximate surface area is 129 Å². The van der Waals surface area contributed by atoms with Gasteiger partial charge in [0, 0.05) is 33.7 Å². The van der Waals surface area contributed by atoms with Crippen molar-refractivity contribution in [3.8, 4) is 0 Å². The number of hydrogen-bond acceptors (Lipinski definition) is 3. The molecule has 1 amide bonds. The number of nitrogens with one attached hydrogen (secondary N) is 2. The van der Waals surface area contributed by atoms with Crippen LogP contribution in [-0.4, -0.2) is 56.3 Å². The monoisotopic (exact) mass is 300 g/mol. The number of amides is 1. The van der Waals surface area contributed by atoms with Crippen LogP contribution < -0.4 is 10.6 Å². The molecule has 6 nitrogen and oxygen atoms in total. The summed E-state index contributed by atoms with van der Waals surface area (Å²) in [4.78, 5) is 17.5. The maximum atomic E-state index is 11.8. The normalized spacial score (nSPS) is 12.0. The highest BCUT2D eigenvalue weighted by molar-refractivity contribution is 5.79. The van der Waals surface area contributed by atoms with Gasteiger partial charge in [0.2, 0.25) is 0 Å². The van der Waals surface area contributed by atoms with Crippen LogP contribution in [-0.2, 0) is 4.74 Å². The lowest BCUT2D eigenvalue weighted by Gasteiger charge is -2.24. The van der Waals surface area contributed by atoms with E-state index in [1.165, 1.54) is 12.8 Å². The summed E-state index contributed by atoms with van der Waals surface area (Å²) in [6.07, 6.45) is 3.24. The highest BCUT2D eigenvalue weighted by Crippen LogP contribution is 2.08. The molecular formula is C15H32N4O2. The van der Waals surface area contributed by atoms with E-state index in [0.29, 0.717) is 13.1 Å². The van der Waals surface area contributed by atoms with Crippen molar-refractivity contribution in [1.29, 1.82) is 0 Å². The Morgan fingerprint density at radius 3 is 2.33 bits per heavy atom. The summed E-state index contributed by atoms with van der Waals surface area (Å²) in [5, 5.41) is 6.43. The van der Waals surface area contributed by atoms with Gasteiger partial charge in [-0.05, 0) is 27.2 Å². The summed E-state index contributed by atoms with van der Waals surface area (Å²) in [5.41, 5.74) is -0.463. The van der Waals surface area contributed by atoms with Gasteiger partial charge in [-0.3, -0.25) is 4.99 Å². The fourth-order valence-corrected chi connectivity index (χ4v) is 1.58. The van der Waals surface area contributed by atoms with Crippen LogP contribution in [0.5, 0.6) is 0 Å². The minimum atomic E-state index is -0.463. The van der Waals surface area contributed by atoms with Gasteiger partial charge in [-0.15, -0.1) is 0 Å². The summed E-state index contributed by atoms with van der Waals surface area (Å²) >= 11 is 0. The molecule has 0 aromatic rings. The van der Waals surface area contributed by atoms with Gasteiger partial charge in [-0.2, -0.15) is 0 Å². The van der Waals surface area contributed by atoms with Gasteiger partial charge < -0.3 is 20.3 Å². The third-order valence-corrected chi connectivity index (χ3v) is 2.74. The van der Waals surface area contributed by atoms with E-state index in [2.05, 4.69) is 22.5 Å². The molecule has 0 rings (SSSR count). The highest BCUT2D eigenvalue weighted by atomic mass is 16.6. The summed E-state index contributed by atoms with van der Waals surface area (Å²) in [6, 6.07) is 0. The maximum absolute atomic E-state index is 11.8. The van der Waals surface area contributed by atoms with Gasteiger partial charge in [0.1, 0.15) is 5.60 Å². The third kappa shape index (κ3) is 10.9. The van der Waals surface area contributed by atoms with Crippen LogP contribution >= 0.6 is 0 Å². The molecule has 0 radical (unpaired) electrons. The topological polar surface area (TPSA) is 66.0 Å². The number of hydrogen-bond donors (Lipinski definition) is 2. The third-order valence-electron chi connectivity index (χ3n) is 2.74. The van der Waals surface area contributed by atoms with E-state index < -0.39 is 5.60 Å². The van der Waals surface area contributed by atoms with Gasteiger partial charge in [-0.25, -0.2) is 4.79 Å². The fourth-order valence-electron chi connectivity index (χ4n) is 1.58. The Hall–Kier alpha value is -1.46. The molecule has 0 aromatic heterocycles. The van der Waals surface area contributed by atoms with E-state index in [0.717, 1.165) is 18.9 Å². The predicted molar refractivity (Wildman–Crippen MR) is 87.8 cm³/mol. The van der Waals surface area contributed by atoms with E-state index in [-0.39, 0.29) is 6.09 Å². The molecule has 0 unspecified atom stereocenters. The molecule has 0 bridgehead atoms. The summed E-state index contributed by atoms with van der Waals surface area (Å²) in [6.45, 7) is 9.86. The summed E-state index contributed by atoms with van der Waals surface area (Å²) < 4.78 is 5.29. The largest absolute Gasteiger partial charge is 0.444 e. The number of rotatable bonds is 7. The van der Waals surface area contributed by atoms with Crippen LogP contribution in [0.3, 0.4) is 0 Å². The molecule has 21 heavy (non-hydrogen) atoms. The number of likely N-dealkylation sites (N-methyl/N-ethyl adjacent to an activating group) is 1. The maximum Gasteiger partial charge on any atom is 0.410 e. The van der Waals surface area contributed by atoms with Gasteiger partial charge in [-0.1, -0.05) is 19.8 Å². The van der Waals surface area contributed by atoms with Gasteiger partial charge >= 0.3 is 6.09 Å². The first-order valence-corrected chi connectivity index (χ1v) is 7.68. The van der Waals surface area contributed by atoms with E-state index in [1.54, 1.807) is 19.0 Å². The number of carbonyl (C=O) groups is 1. The lowest BCUT2D eigenvalue weighted by atomic mass is 10.2. The Bertz CT molecular complexity index is 324. The van der Waals surface area contributed by atoms with Crippen LogP contribution in [0.25, 0.3) is 0 Å². The molecule has 0 aromatic carbocycles. The van der Waals surface area contributed by atoms with Crippen molar-refractivity contribution in [2.24, 2.45) is 4.99 Å². The number of carbonyl (C=O) groups excluding carboxylic acids is 1. The highest BCUT2D eigenvalue weighted by Gasteiger charge is 2.19. The summed E-state index contributed by atoms with van der Waals surface area (Å²) in [5.74, 6) is 0.767. The van der Waals surface area contributed by atoms with Crippen molar-refractivity contribution in [2.45, 2.75) is 52.6 Å². The quantitative estimate of drug-likeness (QED) is 0.430. The van der Waals surface area contributed by atoms with Crippen molar-refractivity contribution in [1.82, 2.24) is 15.5 Å². The molecule has 0 aliphatic carbocycles. The standard InChI is InChI=1S/C15H32N4O2/c1-7-8-9-10-17-13(16-5)18-11-12-19(6)14(20)21-15(2,3)4/h7-12H2,1-6H3,(H2,16,17,18). The second kappa shape index (κ2) is 10.3. The van der Waals surface area contributed by atoms with E-state index in [4.69, 9.17) is 4.74 Å². The van der Waals surface area contributed by atoms with Crippen LogP contribution in [0.2, 0.25) is 0 Å². The first-order valence-electron chi connectivity index (χ1n) is 7.68. The Kier molecular flexibility index (Phi) is 9.58.